The molecule has 1 aromatic carbocycles. The minimum Gasteiger partial charge on any atom is -0.315 e. The Labute approximate surface area is 149 Å². The van der Waals surface area contributed by atoms with Gasteiger partial charge in [-0.15, -0.1) is 0 Å². The van der Waals surface area contributed by atoms with E-state index in [2.05, 4.69) is 18.8 Å². The quantitative estimate of drug-likeness (QED) is 0.814. The molecule has 0 heterocycles. The number of amides is 1. The van der Waals surface area contributed by atoms with Gasteiger partial charge in [0.05, 0.1) is 17.1 Å². The van der Waals surface area contributed by atoms with Crippen molar-refractivity contribution in [2.45, 2.75) is 39.8 Å². The SMILES string of the molecule is CC1=CC(=O)C(NC(=O)C(F)(F)F)=CC1=Nc1ccc(C(C)C)cc1C. The second-order valence-electron chi connectivity index (χ2n) is 6.40. The minimum absolute atomic E-state index is 0.322. The number of ketones is 1. The highest BCUT2D eigenvalue weighted by Crippen LogP contribution is 2.26. The second kappa shape index (κ2) is 7.27. The van der Waals surface area contributed by atoms with Crippen molar-refractivity contribution in [3.63, 3.8) is 0 Å². The molecule has 1 N–H and O–H groups in total. The molecule has 0 aliphatic heterocycles. The lowest BCUT2D eigenvalue weighted by Gasteiger charge is -2.15. The van der Waals surface area contributed by atoms with Gasteiger partial charge < -0.3 is 5.32 Å². The monoisotopic (exact) mass is 364 g/mol. The van der Waals surface area contributed by atoms with E-state index in [9.17, 15) is 22.8 Å². The molecule has 1 aliphatic rings. The Hall–Kier alpha value is -2.70. The summed E-state index contributed by atoms with van der Waals surface area (Å²) in [7, 11) is 0. The van der Waals surface area contributed by atoms with Crippen LogP contribution in [0.25, 0.3) is 0 Å². The molecule has 0 fully saturated rings. The Morgan fingerprint density at radius 1 is 1.15 bits per heavy atom. The number of aryl methyl sites for hydroxylation is 1. The number of hydrogen-bond acceptors (Lipinski definition) is 3. The molecular formula is C19H19F3N2O2. The van der Waals surface area contributed by atoms with E-state index in [0.29, 0.717) is 22.9 Å². The van der Waals surface area contributed by atoms with Crippen molar-refractivity contribution in [2.24, 2.45) is 4.99 Å². The first-order valence-electron chi connectivity index (χ1n) is 8.01. The molecule has 7 heteroatoms. The fourth-order valence-corrected chi connectivity index (χ4v) is 2.37. The van der Waals surface area contributed by atoms with Gasteiger partial charge in [-0.1, -0.05) is 26.0 Å². The molecule has 1 aliphatic carbocycles. The summed E-state index contributed by atoms with van der Waals surface area (Å²) in [6.45, 7) is 7.65. The molecule has 138 valence electrons. The zero-order valence-electron chi connectivity index (χ0n) is 14.9. The fourth-order valence-electron chi connectivity index (χ4n) is 2.37. The maximum atomic E-state index is 12.4. The zero-order valence-corrected chi connectivity index (χ0v) is 14.9. The van der Waals surface area contributed by atoms with Crippen molar-refractivity contribution in [1.29, 1.82) is 0 Å². The number of aliphatic imine (C=N–C) groups is 1. The van der Waals surface area contributed by atoms with Crippen molar-refractivity contribution in [3.05, 3.63) is 52.7 Å². The first-order chi connectivity index (χ1) is 12.0. The highest BCUT2D eigenvalue weighted by Gasteiger charge is 2.39. The third kappa shape index (κ3) is 4.47. The Kier molecular flexibility index (Phi) is 5.49. The maximum absolute atomic E-state index is 12.4. The fraction of sp³-hybridized carbons (Fsp3) is 0.316. The molecule has 2 rings (SSSR count). The average molecular weight is 364 g/mol. The maximum Gasteiger partial charge on any atom is 0.471 e. The summed E-state index contributed by atoms with van der Waals surface area (Å²) in [5, 5.41) is 1.61. The summed E-state index contributed by atoms with van der Waals surface area (Å²) in [5.41, 5.74) is 3.07. The summed E-state index contributed by atoms with van der Waals surface area (Å²) < 4.78 is 37.2. The van der Waals surface area contributed by atoms with Crippen LogP contribution in [-0.2, 0) is 9.59 Å². The van der Waals surface area contributed by atoms with E-state index in [0.717, 1.165) is 23.3 Å². The summed E-state index contributed by atoms with van der Waals surface area (Å²) in [6, 6.07) is 5.75. The Morgan fingerprint density at radius 3 is 2.35 bits per heavy atom. The lowest BCUT2D eigenvalue weighted by Crippen LogP contribution is -2.39. The van der Waals surface area contributed by atoms with Gasteiger partial charge in [-0.05, 0) is 54.7 Å². The molecule has 0 atom stereocenters. The topological polar surface area (TPSA) is 58.5 Å². The number of nitrogens with one attached hydrogen (secondary N) is 1. The number of nitrogens with zero attached hydrogens (tertiary/aromatic N) is 1. The normalized spacial score (nSPS) is 16.6. The highest BCUT2D eigenvalue weighted by atomic mass is 19.4. The van der Waals surface area contributed by atoms with E-state index in [1.165, 1.54) is 0 Å². The Morgan fingerprint density at radius 2 is 1.81 bits per heavy atom. The molecule has 0 saturated heterocycles. The lowest BCUT2D eigenvalue weighted by atomic mass is 9.99. The number of carbonyl (C=O) groups is 2. The summed E-state index contributed by atoms with van der Waals surface area (Å²) in [4.78, 5) is 27.4. The second-order valence-corrected chi connectivity index (χ2v) is 6.40. The van der Waals surface area contributed by atoms with Crippen molar-refractivity contribution in [3.8, 4) is 0 Å². The largest absolute Gasteiger partial charge is 0.471 e. The van der Waals surface area contributed by atoms with Gasteiger partial charge in [-0.2, -0.15) is 13.2 Å². The van der Waals surface area contributed by atoms with E-state index >= 15 is 0 Å². The third-order valence-corrected chi connectivity index (χ3v) is 3.93. The predicted octanol–water partition coefficient (Wildman–Crippen LogP) is 4.28. The molecule has 0 aromatic heterocycles. The van der Waals surface area contributed by atoms with E-state index in [-0.39, 0.29) is 0 Å². The Balaban J connectivity index is 2.38. The van der Waals surface area contributed by atoms with E-state index in [1.807, 2.05) is 25.1 Å². The smallest absolute Gasteiger partial charge is 0.315 e. The first kappa shape index (κ1) is 19.6. The highest BCUT2D eigenvalue weighted by molar-refractivity contribution is 6.23. The van der Waals surface area contributed by atoms with Crippen LogP contribution in [0.3, 0.4) is 0 Å². The van der Waals surface area contributed by atoms with Crippen LogP contribution < -0.4 is 5.32 Å². The van der Waals surface area contributed by atoms with Crippen molar-refractivity contribution in [2.75, 3.05) is 0 Å². The van der Waals surface area contributed by atoms with Crippen molar-refractivity contribution >= 4 is 23.1 Å². The molecule has 1 aromatic rings. The van der Waals surface area contributed by atoms with Gasteiger partial charge in [-0.3, -0.25) is 9.59 Å². The van der Waals surface area contributed by atoms with Crippen LogP contribution in [0.4, 0.5) is 18.9 Å². The summed E-state index contributed by atoms with van der Waals surface area (Å²) in [6.07, 6.45) is -2.75. The van der Waals surface area contributed by atoms with Gasteiger partial charge in [0.2, 0.25) is 5.78 Å². The van der Waals surface area contributed by atoms with E-state index < -0.39 is 23.6 Å². The molecule has 26 heavy (non-hydrogen) atoms. The molecule has 0 radical (unpaired) electrons. The molecule has 0 unspecified atom stereocenters. The number of halogens is 3. The number of allylic oxidation sites excluding steroid dienone is 3. The van der Waals surface area contributed by atoms with Crippen LogP contribution in [0.1, 0.15) is 37.8 Å². The molecule has 1 amide bonds. The molecule has 0 spiro atoms. The number of rotatable bonds is 3. The van der Waals surface area contributed by atoms with Crippen LogP contribution in [0, 0.1) is 6.92 Å². The first-order valence-corrected chi connectivity index (χ1v) is 8.01. The van der Waals surface area contributed by atoms with Gasteiger partial charge in [0, 0.05) is 0 Å². The predicted molar refractivity (Wildman–Crippen MR) is 93.4 cm³/mol. The summed E-state index contributed by atoms with van der Waals surface area (Å²) in [5.74, 6) is -2.54. The van der Waals surface area contributed by atoms with Gasteiger partial charge in [-0.25, -0.2) is 4.99 Å². The van der Waals surface area contributed by atoms with Crippen LogP contribution >= 0.6 is 0 Å². The van der Waals surface area contributed by atoms with Crippen LogP contribution in [0.5, 0.6) is 0 Å². The van der Waals surface area contributed by atoms with Crippen LogP contribution in [0.15, 0.2) is 46.6 Å². The molecule has 0 saturated carbocycles. The number of carbonyl (C=O) groups excluding carboxylic acids is 2. The van der Waals surface area contributed by atoms with Gasteiger partial charge in [0.25, 0.3) is 0 Å². The van der Waals surface area contributed by atoms with Crippen molar-refractivity contribution < 1.29 is 22.8 Å². The number of benzene rings is 1. The number of hydrogen-bond donors (Lipinski definition) is 1. The molecule has 4 nitrogen and oxygen atoms in total. The zero-order chi connectivity index (χ0) is 19.6. The van der Waals surface area contributed by atoms with Gasteiger partial charge in [0.15, 0.2) is 0 Å². The van der Waals surface area contributed by atoms with Gasteiger partial charge in [0.1, 0.15) is 0 Å². The summed E-state index contributed by atoms with van der Waals surface area (Å²) >= 11 is 0. The Bertz CT molecular complexity index is 847. The molecule has 0 bridgehead atoms. The standard InChI is InChI=1S/C19H19F3N2O2/c1-10(2)13-5-6-14(11(3)7-13)23-15-9-16(17(25)8-12(15)4)24-18(26)19(20,21)22/h5-10H,1-4H3,(H,24,26). The van der Waals surface area contributed by atoms with E-state index in [1.54, 1.807) is 12.2 Å². The van der Waals surface area contributed by atoms with E-state index in [4.69, 9.17) is 0 Å². The van der Waals surface area contributed by atoms with Gasteiger partial charge >= 0.3 is 12.1 Å². The third-order valence-electron chi connectivity index (χ3n) is 3.93. The lowest BCUT2D eigenvalue weighted by molar-refractivity contribution is -0.172. The van der Waals surface area contributed by atoms with Crippen LogP contribution in [0.2, 0.25) is 0 Å². The minimum atomic E-state index is -5.07. The van der Waals surface area contributed by atoms with Crippen molar-refractivity contribution in [1.82, 2.24) is 5.32 Å². The van der Waals surface area contributed by atoms with Crippen LogP contribution in [-0.4, -0.2) is 23.6 Å². The molecular weight excluding hydrogens is 345 g/mol. The average Bonchev–Trinajstić information content (AvgIpc) is 2.52. The number of alkyl halides is 3.